The van der Waals surface area contributed by atoms with E-state index >= 15 is 0 Å². The molecule has 0 saturated heterocycles. The van der Waals surface area contributed by atoms with Gasteiger partial charge < -0.3 is 5.32 Å². The number of carbonyl (C=O) groups is 1. The summed E-state index contributed by atoms with van der Waals surface area (Å²) in [7, 11) is 0. The van der Waals surface area contributed by atoms with Gasteiger partial charge in [-0.05, 0) is 12.1 Å². The summed E-state index contributed by atoms with van der Waals surface area (Å²) in [5.74, 6) is -0.971. The highest BCUT2D eigenvalue weighted by molar-refractivity contribution is 7.13. The molecule has 2 aromatic carbocycles. The molecule has 3 nitrogen and oxygen atoms in total. The number of halogens is 2. The number of benzene rings is 2. The number of hydrogen-bond acceptors (Lipinski definition) is 3. The van der Waals surface area contributed by atoms with Crippen LogP contribution in [-0.4, -0.2) is 10.9 Å². The molecule has 0 unspecified atom stereocenters. The Kier molecular flexibility index (Phi) is 4.69. The summed E-state index contributed by atoms with van der Waals surface area (Å²) >= 11 is 7.16. The topological polar surface area (TPSA) is 42.0 Å². The van der Waals surface area contributed by atoms with Crippen LogP contribution in [0, 0.1) is 5.82 Å². The number of nitrogens with one attached hydrogen (secondary N) is 1. The van der Waals surface area contributed by atoms with Crippen LogP contribution in [0.5, 0.6) is 0 Å². The maximum atomic E-state index is 13.8. The minimum atomic E-state index is -0.634. The second-order valence-electron chi connectivity index (χ2n) is 4.84. The van der Waals surface area contributed by atoms with Gasteiger partial charge in [0.25, 0.3) is 0 Å². The molecule has 6 heteroatoms. The molecule has 0 spiro atoms. The van der Waals surface area contributed by atoms with Gasteiger partial charge in [-0.25, -0.2) is 9.37 Å². The molecule has 116 valence electrons. The first kappa shape index (κ1) is 15.6. The fourth-order valence-corrected chi connectivity index (χ4v) is 3.06. The summed E-state index contributed by atoms with van der Waals surface area (Å²) in [6.07, 6.45) is 0.0787. The van der Waals surface area contributed by atoms with Gasteiger partial charge in [-0.1, -0.05) is 48.0 Å². The van der Waals surface area contributed by atoms with Crippen molar-refractivity contribution in [2.75, 3.05) is 5.32 Å². The van der Waals surface area contributed by atoms with Crippen LogP contribution in [0.3, 0.4) is 0 Å². The van der Waals surface area contributed by atoms with E-state index in [0.29, 0.717) is 5.69 Å². The van der Waals surface area contributed by atoms with Gasteiger partial charge in [0.15, 0.2) is 5.82 Å². The number of aromatic nitrogens is 1. The summed E-state index contributed by atoms with van der Waals surface area (Å²) in [6.45, 7) is 0. The Bertz CT molecular complexity index is 836. The monoisotopic (exact) mass is 346 g/mol. The average Bonchev–Trinajstić information content (AvgIpc) is 3.01. The molecule has 0 bridgehead atoms. The summed E-state index contributed by atoms with van der Waals surface area (Å²) in [5.41, 5.74) is 1.72. The quantitative estimate of drug-likeness (QED) is 0.738. The molecule has 0 aliphatic rings. The summed E-state index contributed by atoms with van der Waals surface area (Å²) in [6, 6.07) is 14.2. The van der Waals surface area contributed by atoms with Crippen LogP contribution < -0.4 is 5.32 Å². The van der Waals surface area contributed by atoms with Gasteiger partial charge in [0.1, 0.15) is 5.01 Å². The molecule has 1 aromatic heterocycles. The van der Waals surface area contributed by atoms with Gasteiger partial charge in [0.05, 0.1) is 22.8 Å². The van der Waals surface area contributed by atoms with E-state index in [2.05, 4.69) is 10.3 Å². The van der Waals surface area contributed by atoms with Gasteiger partial charge in [0, 0.05) is 10.9 Å². The van der Waals surface area contributed by atoms with Gasteiger partial charge >= 0.3 is 0 Å². The first-order valence-electron chi connectivity index (χ1n) is 6.87. The first-order chi connectivity index (χ1) is 11.1. The molecule has 0 fully saturated rings. The number of amides is 1. The fraction of sp³-hybridized carbons (Fsp3) is 0.0588. The third-order valence-corrected chi connectivity index (χ3v) is 4.37. The SMILES string of the molecule is O=C(Cc1csc(-c2ccccc2)n1)Nc1cccc(Cl)c1F. The maximum Gasteiger partial charge on any atom is 0.230 e. The molecule has 1 amide bonds. The summed E-state index contributed by atoms with van der Waals surface area (Å²) in [4.78, 5) is 16.5. The normalized spacial score (nSPS) is 10.5. The van der Waals surface area contributed by atoms with Crippen LogP contribution in [0.15, 0.2) is 53.9 Å². The number of carbonyl (C=O) groups excluding carboxylic acids is 1. The van der Waals surface area contributed by atoms with E-state index in [0.717, 1.165) is 10.6 Å². The van der Waals surface area contributed by atoms with E-state index in [1.807, 2.05) is 35.7 Å². The van der Waals surface area contributed by atoms with Gasteiger partial charge in [-0.15, -0.1) is 11.3 Å². The lowest BCUT2D eigenvalue weighted by molar-refractivity contribution is -0.115. The van der Waals surface area contributed by atoms with Gasteiger partial charge in [0.2, 0.25) is 5.91 Å². The maximum absolute atomic E-state index is 13.8. The van der Waals surface area contributed by atoms with E-state index < -0.39 is 5.82 Å². The number of thiazole rings is 1. The predicted octanol–water partition coefficient (Wildman–Crippen LogP) is 4.78. The van der Waals surface area contributed by atoms with Crippen molar-refractivity contribution in [3.63, 3.8) is 0 Å². The highest BCUT2D eigenvalue weighted by Gasteiger charge is 2.12. The van der Waals surface area contributed by atoms with Crippen LogP contribution in [0.25, 0.3) is 10.6 Å². The molecule has 0 aliphatic carbocycles. The number of rotatable bonds is 4. The molecule has 0 radical (unpaired) electrons. The molecular weight excluding hydrogens is 335 g/mol. The molecule has 3 aromatic rings. The van der Waals surface area contributed by atoms with Crippen molar-refractivity contribution in [3.8, 4) is 10.6 Å². The Balaban J connectivity index is 1.69. The second kappa shape index (κ2) is 6.89. The highest BCUT2D eigenvalue weighted by Crippen LogP contribution is 2.24. The minimum absolute atomic E-state index is 0.0252. The summed E-state index contributed by atoms with van der Waals surface area (Å²) in [5, 5.41) is 5.17. The molecule has 3 rings (SSSR count). The largest absolute Gasteiger partial charge is 0.323 e. The average molecular weight is 347 g/mol. The minimum Gasteiger partial charge on any atom is -0.323 e. The van der Waals surface area contributed by atoms with Crippen molar-refractivity contribution in [2.45, 2.75) is 6.42 Å². The Labute approximate surface area is 141 Å². The lowest BCUT2D eigenvalue weighted by atomic mass is 10.2. The number of anilines is 1. The van der Waals surface area contributed by atoms with E-state index in [9.17, 15) is 9.18 Å². The Morgan fingerprint density at radius 2 is 1.96 bits per heavy atom. The standard InChI is InChI=1S/C17H12ClFN2OS/c18-13-7-4-8-14(16(13)19)21-15(22)9-12-10-23-17(20-12)11-5-2-1-3-6-11/h1-8,10H,9H2,(H,21,22). The van der Waals surface area contributed by atoms with Crippen molar-refractivity contribution in [1.82, 2.24) is 4.98 Å². The zero-order valence-corrected chi connectivity index (χ0v) is 13.5. The molecule has 0 aliphatic heterocycles. The van der Waals surface area contributed by atoms with Crippen LogP contribution >= 0.6 is 22.9 Å². The first-order valence-corrected chi connectivity index (χ1v) is 8.13. The van der Waals surface area contributed by atoms with E-state index in [-0.39, 0.29) is 23.0 Å². The van der Waals surface area contributed by atoms with Crippen LogP contribution in [0.4, 0.5) is 10.1 Å². The number of nitrogens with zero attached hydrogens (tertiary/aromatic N) is 1. The van der Waals surface area contributed by atoms with E-state index in [1.54, 1.807) is 6.07 Å². The summed E-state index contributed by atoms with van der Waals surface area (Å²) < 4.78 is 13.8. The van der Waals surface area contributed by atoms with Crippen LogP contribution in [0.2, 0.25) is 5.02 Å². The Hall–Kier alpha value is -2.24. The van der Waals surface area contributed by atoms with E-state index in [4.69, 9.17) is 11.6 Å². The van der Waals surface area contributed by atoms with Gasteiger partial charge in [-0.3, -0.25) is 4.79 Å². The zero-order chi connectivity index (χ0) is 16.2. The molecule has 0 atom stereocenters. The molecular formula is C17H12ClFN2OS. The Morgan fingerprint density at radius 1 is 1.17 bits per heavy atom. The van der Waals surface area contributed by atoms with Crippen molar-refractivity contribution < 1.29 is 9.18 Å². The van der Waals surface area contributed by atoms with E-state index in [1.165, 1.54) is 23.5 Å². The van der Waals surface area contributed by atoms with Gasteiger partial charge in [-0.2, -0.15) is 0 Å². The molecule has 1 N–H and O–H groups in total. The molecule has 0 saturated carbocycles. The number of hydrogen-bond donors (Lipinski definition) is 1. The van der Waals surface area contributed by atoms with Crippen molar-refractivity contribution >= 4 is 34.5 Å². The van der Waals surface area contributed by atoms with Crippen LogP contribution in [-0.2, 0) is 11.2 Å². The Morgan fingerprint density at radius 3 is 2.74 bits per heavy atom. The third-order valence-electron chi connectivity index (χ3n) is 3.14. The van der Waals surface area contributed by atoms with Crippen molar-refractivity contribution in [3.05, 3.63) is 70.4 Å². The fourth-order valence-electron chi connectivity index (χ4n) is 2.06. The van der Waals surface area contributed by atoms with Crippen LogP contribution in [0.1, 0.15) is 5.69 Å². The predicted molar refractivity (Wildman–Crippen MR) is 91.3 cm³/mol. The highest BCUT2D eigenvalue weighted by atomic mass is 35.5. The molecule has 1 heterocycles. The van der Waals surface area contributed by atoms with Crippen molar-refractivity contribution in [2.24, 2.45) is 0 Å². The molecule has 23 heavy (non-hydrogen) atoms. The lowest BCUT2D eigenvalue weighted by Crippen LogP contribution is -2.15. The lowest BCUT2D eigenvalue weighted by Gasteiger charge is -2.06. The smallest absolute Gasteiger partial charge is 0.230 e. The van der Waals surface area contributed by atoms with Crippen molar-refractivity contribution in [1.29, 1.82) is 0 Å². The third kappa shape index (κ3) is 3.75. The zero-order valence-electron chi connectivity index (χ0n) is 11.9. The second-order valence-corrected chi connectivity index (χ2v) is 6.10.